The van der Waals surface area contributed by atoms with E-state index in [1.165, 1.54) is 0 Å². The fraction of sp³-hybridized carbons (Fsp3) is 0.455. The number of ether oxygens (including phenoxy) is 1. The van der Waals surface area contributed by atoms with Crippen molar-refractivity contribution < 1.29 is 14.9 Å². The van der Waals surface area contributed by atoms with Crippen LogP contribution in [0.2, 0.25) is 0 Å². The van der Waals surface area contributed by atoms with E-state index in [2.05, 4.69) is 0 Å². The van der Waals surface area contributed by atoms with Crippen LogP contribution >= 0.6 is 0 Å². The summed E-state index contributed by atoms with van der Waals surface area (Å²) in [5.41, 5.74) is 1.74. The Bertz CT molecular complexity index is 273. The average molecular weight is 196 g/mol. The van der Waals surface area contributed by atoms with Crippen LogP contribution in [0.25, 0.3) is 0 Å². The van der Waals surface area contributed by atoms with E-state index in [0.29, 0.717) is 6.61 Å². The lowest BCUT2D eigenvalue weighted by atomic mass is 10.1. The van der Waals surface area contributed by atoms with Crippen molar-refractivity contribution in [2.24, 2.45) is 0 Å². The molecule has 0 bridgehead atoms. The molecule has 1 rings (SSSR count). The number of aliphatic hydroxyl groups excluding tert-OH is 2. The molecular weight excluding hydrogens is 180 g/mol. The van der Waals surface area contributed by atoms with Crippen LogP contribution in [0, 0.1) is 0 Å². The first-order valence-electron chi connectivity index (χ1n) is 4.74. The summed E-state index contributed by atoms with van der Waals surface area (Å²) in [6.45, 7) is 2.42. The van der Waals surface area contributed by atoms with Crippen molar-refractivity contribution in [2.75, 3.05) is 13.2 Å². The van der Waals surface area contributed by atoms with Crippen molar-refractivity contribution in [1.82, 2.24) is 0 Å². The van der Waals surface area contributed by atoms with Gasteiger partial charge in [0.15, 0.2) is 0 Å². The van der Waals surface area contributed by atoms with E-state index >= 15 is 0 Å². The lowest BCUT2D eigenvalue weighted by Gasteiger charge is -2.15. The SMILES string of the molecule is CCOC(CO)c1cccc(CO)c1. The van der Waals surface area contributed by atoms with Gasteiger partial charge >= 0.3 is 0 Å². The maximum Gasteiger partial charge on any atom is 0.105 e. The van der Waals surface area contributed by atoms with Crippen LogP contribution in [-0.2, 0) is 11.3 Å². The van der Waals surface area contributed by atoms with E-state index in [-0.39, 0.29) is 19.3 Å². The van der Waals surface area contributed by atoms with Crippen molar-refractivity contribution in [2.45, 2.75) is 19.6 Å². The van der Waals surface area contributed by atoms with Crippen LogP contribution in [0.5, 0.6) is 0 Å². The molecule has 0 fully saturated rings. The van der Waals surface area contributed by atoms with Gasteiger partial charge in [0.25, 0.3) is 0 Å². The fourth-order valence-corrected chi connectivity index (χ4v) is 1.35. The Morgan fingerprint density at radius 2 is 2.14 bits per heavy atom. The highest BCUT2D eigenvalue weighted by atomic mass is 16.5. The molecule has 0 aliphatic carbocycles. The van der Waals surface area contributed by atoms with Crippen molar-refractivity contribution in [3.63, 3.8) is 0 Å². The monoisotopic (exact) mass is 196 g/mol. The van der Waals surface area contributed by atoms with Gasteiger partial charge in [0.05, 0.1) is 13.2 Å². The zero-order valence-corrected chi connectivity index (χ0v) is 8.31. The molecular formula is C11H16O3. The third-order valence-electron chi connectivity index (χ3n) is 2.04. The summed E-state index contributed by atoms with van der Waals surface area (Å²) in [5.74, 6) is 0. The molecule has 2 N–H and O–H groups in total. The predicted octanol–water partition coefficient (Wildman–Crippen LogP) is 1.25. The van der Waals surface area contributed by atoms with Gasteiger partial charge in [-0.05, 0) is 18.1 Å². The van der Waals surface area contributed by atoms with Crippen LogP contribution in [0.15, 0.2) is 24.3 Å². The molecule has 0 saturated carbocycles. The predicted molar refractivity (Wildman–Crippen MR) is 53.8 cm³/mol. The first-order chi connectivity index (χ1) is 6.81. The molecule has 1 atom stereocenters. The average Bonchev–Trinajstić information content (AvgIpc) is 2.26. The van der Waals surface area contributed by atoms with E-state index in [9.17, 15) is 0 Å². The highest BCUT2D eigenvalue weighted by Crippen LogP contribution is 2.17. The van der Waals surface area contributed by atoms with Gasteiger partial charge in [0, 0.05) is 6.61 Å². The molecule has 0 spiro atoms. The van der Waals surface area contributed by atoms with E-state index in [4.69, 9.17) is 14.9 Å². The topological polar surface area (TPSA) is 49.7 Å². The molecule has 1 aromatic rings. The summed E-state index contributed by atoms with van der Waals surface area (Å²) in [5, 5.41) is 18.0. The largest absolute Gasteiger partial charge is 0.393 e. The van der Waals surface area contributed by atoms with Gasteiger partial charge in [-0.2, -0.15) is 0 Å². The van der Waals surface area contributed by atoms with Gasteiger partial charge < -0.3 is 14.9 Å². The van der Waals surface area contributed by atoms with Crippen LogP contribution in [0.3, 0.4) is 0 Å². The first-order valence-corrected chi connectivity index (χ1v) is 4.74. The number of benzene rings is 1. The molecule has 0 aliphatic heterocycles. The van der Waals surface area contributed by atoms with E-state index in [1.807, 2.05) is 31.2 Å². The molecule has 0 saturated heterocycles. The Labute approximate surface area is 84.0 Å². The van der Waals surface area contributed by atoms with Crippen molar-refractivity contribution in [3.05, 3.63) is 35.4 Å². The minimum absolute atomic E-state index is 0.0120. The summed E-state index contributed by atoms with van der Waals surface area (Å²) >= 11 is 0. The number of aliphatic hydroxyl groups is 2. The third kappa shape index (κ3) is 2.80. The van der Waals surface area contributed by atoms with Crippen LogP contribution in [0.1, 0.15) is 24.2 Å². The van der Waals surface area contributed by atoms with Crippen LogP contribution in [0.4, 0.5) is 0 Å². The van der Waals surface area contributed by atoms with Gasteiger partial charge in [0.2, 0.25) is 0 Å². The van der Waals surface area contributed by atoms with E-state index in [0.717, 1.165) is 11.1 Å². The van der Waals surface area contributed by atoms with Gasteiger partial charge in [-0.3, -0.25) is 0 Å². The molecule has 0 radical (unpaired) electrons. The number of hydrogen-bond acceptors (Lipinski definition) is 3. The summed E-state index contributed by atoms with van der Waals surface area (Å²) in [6, 6.07) is 7.42. The lowest BCUT2D eigenvalue weighted by molar-refractivity contribution is 0.0189. The maximum atomic E-state index is 9.09. The van der Waals surface area contributed by atoms with Crippen LogP contribution < -0.4 is 0 Å². The van der Waals surface area contributed by atoms with Crippen molar-refractivity contribution in [3.8, 4) is 0 Å². The van der Waals surface area contributed by atoms with E-state index < -0.39 is 0 Å². The zero-order chi connectivity index (χ0) is 10.4. The number of hydrogen-bond donors (Lipinski definition) is 2. The Morgan fingerprint density at radius 3 is 2.71 bits per heavy atom. The summed E-state index contributed by atoms with van der Waals surface area (Å²) < 4.78 is 5.35. The van der Waals surface area contributed by atoms with Gasteiger partial charge in [-0.25, -0.2) is 0 Å². The lowest BCUT2D eigenvalue weighted by Crippen LogP contribution is -2.09. The molecule has 0 aliphatic rings. The van der Waals surface area contributed by atoms with Crippen LogP contribution in [-0.4, -0.2) is 23.4 Å². The zero-order valence-electron chi connectivity index (χ0n) is 8.31. The molecule has 3 heteroatoms. The molecule has 0 heterocycles. The van der Waals surface area contributed by atoms with Crippen molar-refractivity contribution in [1.29, 1.82) is 0 Å². The summed E-state index contributed by atoms with van der Waals surface area (Å²) in [4.78, 5) is 0. The first kappa shape index (κ1) is 11.2. The molecule has 1 unspecified atom stereocenters. The second kappa shape index (κ2) is 5.75. The smallest absolute Gasteiger partial charge is 0.105 e. The van der Waals surface area contributed by atoms with E-state index in [1.54, 1.807) is 0 Å². The maximum absolute atomic E-state index is 9.09. The molecule has 3 nitrogen and oxygen atoms in total. The summed E-state index contributed by atoms with van der Waals surface area (Å²) in [6.07, 6.45) is -0.286. The highest BCUT2D eigenvalue weighted by molar-refractivity contribution is 5.24. The Balaban J connectivity index is 2.80. The Kier molecular flexibility index (Phi) is 4.59. The van der Waals surface area contributed by atoms with Gasteiger partial charge in [-0.15, -0.1) is 0 Å². The van der Waals surface area contributed by atoms with Gasteiger partial charge in [0.1, 0.15) is 6.10 Å². The fourth-order valence-electron chi connectivity index (χ4n) is 1.35. The summed E-state index contributed by atoms with van der Waals surface area (Å²) in [7, 11) is 0. The third-order valence-corrected chi connectivity index (χ3v) is 2.04. The normalized spacial score (nSPS) is 12.8. The molecule has 0 aromatic heterocycles. The Morgan fingerprint density at radius 1 is 1.36 bits per heavy atom. The van der Waals surface area contributed by atoms with Gasteiger partial charge in [-0.1, -0.05) is 24.3 Å². The molecule has 0 amide bonds. The second-order valence-electron chi connectivity index (χ2n) is 3.03. The van der Waals surface area contributed by atoms with Crippen molar-refractivity contribution >= 4 is 0 Å². The highest BCUT2D eigenvalue weighted by Gasteiger charge is 2.09. The quantitative estimate of drug-likeness (QED) is 0.745. The Hall–Kier alpha value is -0.900. The molecule has 78 valence electrons. The minimum atomic E-state index is -0.286. The molecule has 1 aromatic carbocycles. The number of rotatable bonds is 5. The molecule has 14 heavy (non-hydrogen) atoms. The minimum Gasteiger partial charge on any atom is -0.393 e. The standard InChI is InChI=1S/C11H16O3/c1-2-14-11(8-13)10-5-3-4-9(6-10)7-12/h3-6,11-13H,2,7-8H2,1H3. The second-order valence-corrected chi connectivity index (χ2v) is 3.03.